The lowest BCUT2D eigenvalue weighted by Gasteiger charge is -2.27. The minimum atomic E-state index is -1.33. The molecule has 0 bridgehead atoms. The van der Waals surface area contributed by atoms with Crippen molar-refractivity contribution in [3.63, 3.8) is 0 Å². The highest BCUT2D eigenvalue weighted by molar-refractivity contribution is 6.31. The van der Waals surface area contributed by atoms with Crippen LogP contribution in [0.3, 0.4) is 0 Å². The van der Waals surface area contributed by atoms with Crippen LogP contribution in [0, 0.1) is 0 Å². The number of hydrogen-bond donors (Lipinski definition) is 1. The molecule has 1 aliphatic rings. The summed E-state index contributed by atoms with van der Waals surface area (Å²) >= 11 is 6.12. The quantitative estimate of drug-likeness (QED) is 0.863. The highest BCUT2D eigenvalue weighted by Gasteiger charge is 2.42. The zero-order valence-corrected chi connectivity index (χ0v) is 12.5. The Kier molecular flexibility index (Phi) is 4.51. The van der Waals surface area contributed by atoms with Gasteiger partial charge in [-0.25, -0.2) is 0 Å². The number of carbonyl (C=O) groups excluding carboxylic acids is 3. The number of carbonyl (C=O) groups is 3. The summed E-state index contributed by atoms with van der Waals surface area (Å²) in [6.45, 7) is 1.03. The molecule has 1 heterocycles. The predicted molar refractivity (Wildman–Crippen MR) is 75.9 cm³/mol. The van der Waals surface area contributed by atoms with Gasteiger partial charge in [-0.3, -0.25) is 9.59 Å². The molecular formula is C15H13ClNO5-. The van der Waals surface area contributed by atoms with Gasteiger partial charge in [0.25, 0.3) is 5.91 Å². The van der Waals surface area contributed by atoms with E-state index in [2.05, 4.69) is 0 Å². The van der Waals surface area contributed by atoms with Gasteiger partial charge in [-0.15, -0.1) is 0 Å². The molecule has 0 radical (unpaired) electrons. The van der Waals surface area contributed by atoms with Crippen LogP contribution in [-0.4, -0.2) is 34.2 Å². The topological polar surface area (TPSA) is 97.7 Å². The SMILES string of the molecule is CC(=O)C1=C(O)C(=O)N(CCC(=O)[O-])[C@H]1c1ccccc1Cl. The predicted octanol–water partition coefficient (Wildman–Crippen LogP) is 0.764. The summed E-state index contributed by atoms with van der Waals surface area (Å²) in [4.78, 5) is 35.7. The van der Waals surface area contributed by atoms with Crippen LogP contribution in [-0.2, 0) is 14.4 Å². The second kappa shape index (κ2) is 6.19. The number of aliphatic carboxylic acids is 1. The number of hydrogen-bond acceptors (Lipinski definition) is 5. The molecule has 1 N–H and O–H groups in total. The Morgan fingerprint density at radius 1 is 1.36 bits per heavy atom. The second-order valence-corrected chi connectivity index (χ2v) is 5.27. The third-order valence-electron chi connectivity index (χ3n) is 3.44. The Morgan fingerprint density at radius 3 is 2.55 bits per heavy atom. The summed E-state index contributed by atoms with van der Waals surface area (Å²) in [6, 6.07) is 5.66. The Hall–Kier alpha value is -2.34. The monoisotopic (exact) mass is 322 g/mol. The van der Waals surface area contributed by atoms with E-state index in [1.54, 1.807) is 24.3 Å². The van der Waals surface area contributed by atoms with Crippen LogP contribution in [0.1, 0.15) is 24.9 Å². The van der Waals surface area contributed by atoms with E-state index in [1.807, 2.05) is 0 Å². The van der Waals surface area contributed by atoms with E-state index in [0.717, 1.165) is 4.90 Å². The van der Waals surface area contributed by atoms with E-state index in [9.17, 15) is 24.6 Å². The van der Waals surface area contributed by atoms with E-state index in [-0.39, 0.29) is 12.1 Å². The van der Waals surface area contributed by atoms with Gasteiger partial charge in [0.2, 0.25) is 0 Å². The molecular weight excluding hydrogens is 310 g/mol. The van der Waals surface area contributed by atoms with Crippen LogP contribution in [0.4, 0.5) is 0 Å². The molecule has 0 unspecified atom stereocenters. The molecule has 0 spiro atoms. The molecule has 0 aromatic heterocycles. The molecule has 7 heteroatoms. The van der Waals surface area contributed by atoms with Crippen molar-refractivity contribution in [1.29, 1.82) is 0 Å². The van der Waals surface area contributed by atoms with Crippen LogP contribution in [0.15, 0.2) is 35.6 Å². The molecule has 1 aliphatic heterocycles. The number of carboxylic acid groups (broad SMARTS) is 1. The van der Waals surface area contributed by atoms with Gasteiger partial charge < -0.3 is 19.9 Å². The zero-order valence-electron chi connectivity index (χ0n) is 11.7. The van der Waals surface area contributed by atoms with Crippen molar-refractivity contribution in [3.05, 3.63) is 46.2 Å². The second-order valence-electron chi connectivity index (χ2n) is 4.86. The lowest BCUT2D eigenvalue weighted by Crippen LogP contribution is -2.35. The maximum atomic E-state index is 12.1. The third-order valence-corrected chi connectivity index (χ3v) is 3.78. The Bertz CT molecular complexity index is 682. The Labute approximate surface area is 131 Å². The van der Waals surface area contributed by atoms with E-state index in [1.165, 1.54) is 6.92 Å². The molecule has 1 aromatic carbocycles. The Morgan fingerprint density at radius 2 is 2.00 bits per heavy atom. The number of rotatable bonds is 5. The van der Waals surface area contributed by atoms with Crippen molar-refractivity contribution in [1.82, 2.24) is 4.90 Å². The van der Waals surface area contributed by atoms with Crippen LogP contribution in [0.2, 0.25) is 5.02 Å². The number of aliphatic hydroxyl groups is 1. The van der Waals surface area contributed by atoms with Gasteiger partial charge in [-0.2, -0.15) is 0 Å². The summed E-state index contributed by atoms with van der Waals surface area (Å²) in [5.41, 5.74) is 0.363. The van der Waals surface area contributed by atoms with Crippen molar-refractivity contribution in [2.75, 3.05) is 6.54 Å². The van der Waals surface area contributed by atoms with Gasteiger partial charge in [0.15, 0.2) is 11.5 Å². The molecule has 1 atom stereocenters. The standard InChI is InChI=1S/C15H14ClNO5/c1-8(18)12-13(9-4-2-3-5-10(9)16)17(7-6-11(19)20)15(22)14(12)21/h2-5,13,21H,6-7H2,1H3,(H,19,20)/p-1/t13-/m0/s1. The Balaban J connectivity index is 2.51. The molecule has 0 fully saturated rings. The number of carboxylic acids is 1. The molecule has 2 rings (SSSR count). The van der Waals surface area contributed by atoms with Crippen molar-refractivity contribution in [2.24, 2.45) is 0 Å². The van der Waals surface area contributed by atoms with Crippen LogP contribution in [0.25, 0.3) is 0 Å². The average molecular weight is 323 g/mol. The maximum Gasteiger partial charge on any atom is 0.290 e. The van der Waals surface area contributed by atoms with E-state index < -0.39 is 35.9 Å². The van der Waals surface area contributed by atoms with E-state index in [4.69, 9.17) is 11.6 Å². The maximum absolute atomic E-state index is 12.1. The van der Waals surface area contributed by atoms with Gasteiger partial charge in [-0.05, 0) is 18.6 Å². The molecule has 1 aromatic rings. The van der Waals surface area contributed by atoms with Crippen molar-refractivity contribution < 1.29 is 24.6 Å². The van der Waals surface area contributed by atoms with Gasteiger partial charge in [0.1, 0.15) is 0 Å². The summed E-state index contributed by atoms with van der Waals surface area (Å²) in [5.74, 6) is -3.28. The van der Waals surface area contributed by atoms with Gasteiger partial charge in [-0.1, -0.05) is 29.8 Å². The van der Waals surface area contributed by atoms with Gasteiger partial charge in [0.05, 0.1) is 11.6 Å². The van der Waals surface area contributed by atoms with Crippen molar-refractivity contribution in [3.8, 4) is 0 Å². The summed E-state index contributed by atoms with van der Waals surface area (Å²) < 4.78 is 0. The lowest BCUT2D eigenvalue weighted by atomic mass is 9.96. The number of amides is 1. The fourth-order valence-electron chi connectivity index (χ4n) is 2.48. The van der Waals surface area contributed by atoms with Crippen molar-refractivity contribution >= 4 is 29.3 Å². The summed E-state index contributed by atoms with van der Waals surface area (Å²) in [6.07, 6.45) is -0.412. The van der Waals surface area contributed by atoms with Gasteiger partial charge >= 0.3 is 0 Å². The number of aliphatic hydroxyl groups excluding tert-OH is 1. The normalized spacial score (nSPS) is 18.0. The molecule has 22 heavy (non-hydrogen) atoms. The first kappa shape index (κ1) is 16.0. The van der Waals surface area contributed by atoms with Crippen LogP contribution in [0.5, 0.6) is 0 Å². The first-order chi connectivity index (χ1) is 10.3. The fraction of sp³-hybridized carbons (Fsp3) is 0.267. The minimum Gasteiger partial charge on any atom is -0.550 e. The average Bonchev–Trinajstić information content (AvgIpc) is 2.69. The first-order valence-electron chi connectivity index (χ1n) is 6.54. The number of Topliss-reactive ketones (excluding diaryl/α,β-unsaturated/α-hetero) is 1. The molecule has 116 valence electrons. The molecule has 6 nitrogen and oxygen atoms in total. The third kappa shape index (κ3) is 2.82. The number of halogens is 1. The number of benzene rings is 1. The lowest BCUT2D eigenvalue weighted by molar-refractivity contribution is -0.305. The highest BCUT2D eigenvalue weighted by atomic mass is 35.5. The van der Waals surface area contributed by atoms with Crippen LogP contribution >= 0.6 is 11.6 Å². The van der Waals surface area contributed by atoms with Crippen LogP contribution < -0.4 is 5.11 Å². The molecule has 0 saturated carbocycles. The first-order valence-corrected chi connectivity index (χ1v) is 6.91. The van der Waals surface area contributed by atoms with E-state index >= 15 is 0 Å². The fourth-order valence-corrected chi connectivity index (χ4v) is 2.71. The number of ketones is 1. The van der Waals surface area contributed by atoms with E-state index in [0.29, 0.717) is 10.6 Å². The largest absolute Gasteiger partial charge is 0.550 e. The molecule has 0 saturated heterocycles. The van der Waals surface area contributed by atoms with Crippen molar-refractivity contribution in [2.45, 2.75) is 19.4 Å². The summed E-state index contributed by atoms with van der Waals surface area (Å²) in [5, 5.41) is 20.9. The molecule has 1 amide bonds. The smallest absolute Gasteiger partial charge is 0.290 e. The highest BCUT2D eigenvalue weighted by Crippen LogP contribution is 2.40. The number of nitrogens with zero attached hydrogens (tertiary/aromatic N) is 1. The summed E-state index contributed by atoms with van der Waals surface area (Å²) in [7, 11) is 0. The van der Waals surface area contributed by atoms with Gasteiger partial charge in [0, 0.05) is 24.0 Å². The zero-order chi connectivity index (χ0) is 16.4. The minimum absolute atomic E-state index is 0.0866. The molecule has 0 aliphatic carbocycles.